The van der Waals surface area contributed by atoms with Gasteiger partial charge in [0, 0.05) is 16.1 Å². The molecule has 3 aromatic rings. The Labute approximate surface area is 195 Å². The van der Waals surface area contributed by atoms with Crippen molar-refractivity contribution in [3.63, 3.8) is 0 Å². The Hall–Kier alpha value is -2.74. The second-order valence-corrected chi connectivity index (χ2v) is 8.41. The van der Waals surface area contributed by atoms with Gasteiger partial charge in [-0.05, 0) is 56.3 Å². The topological polar surface area (TPSA) is 77.3 Å². The van der Waals surface area contributed by atoms with Gasteiger partial charge in [-0.15, -0.1) is 5.10 Å². The fourth-order valence-electron chi connectivity index (χ4n) is 3.80. The normalized spacial score (nSPS) is 14.3. The number of methoxy groups -OCH3 is 1. The number of aromatic nitrogens is 3. The predicted molar refractivity (Wildman–Crippen MR) is 122 cm³/mol. The number of carbonyl (C=O) groups excluding carboxylic acids is 2. The highest BCUT2D eigenvalue weighted by Crippen LogP contribution is 2.27. The molecule has 1 aliphatic rings. The Morgan fingerprint density at radius 1 is 1.03 bits per heavy atom. The van der Waals surface area contributed by atoms with E-state index in [2.05, 4.69) is 15.0 Å². The lowest BCUT2D eigenvalue weighted by molar-refractivity contribution is 0.0586. The number of ether oxygens (including phenoxy) is 1. The lowest BCUT2D eigenvalue weighted by Crippen LogP contribution is -2.30. The van der Waals surface area contributed by atoms with Gasteiger partial charge in [0.15, 0.2) is 5.78 Å². The summed E-state index contributed by atoms with van der Waals surface area (Å²) in [6.45, 7) is 2.37. The second-order valence-electron chi connectivity index (χ2n) is 7.56. The molecule has 9 heteroatoms. The molecular formula is C23H22Cl2N4O3. The highest BCUT2D eigenvalue weighted by Gasteiger charge is 2.25. The maximum absolute atomic E-state index is 13.4. The molecule has 1 saturated heterocycles. The van der Waals surface area contributed by atoms with Gasteiger partial charge in [0.25, 0.3) is 5.82 Å². The fourth-order valence-corrected chi connectivity index (χ4v) is 4.19. The fraction of sp³-hybridized carbons (Fsp3) is 0.304. The number of piperidine rings is 1. The number of halogens is 2. The van der Waals surface area contributed by atoms with Gasteiger partial charge in [0.1, 0.15) is 5.82 Å². The molecule has 2 aromatic carbocycles. The smallest absolute Gasteiger partial charge is 0.377 e. The standard InChI is InChI=1S/C23H22Cl2N4O3/c1-32-23(31)22-26-20(14-28-11-5-2-6-12-28)29(27-22)19-10-9-15(24)13-17(19)21(30)16-7-3-4-8-18(16)25/h3-4,7-10,13H,2,5-6,11-12,14H2,1H3. The number of nitrogens with zero attached hydrogens (tertiary/aromatic N) is 4. The Morgan fingerprint density at radius 3 is 2.50 bits per heavy atom. The van der Waals surface area contributed by atoms with Crippen molar-refractivity contribution in [3.05, 3.63) is 75.3 Å². The SMILES string of the molecule is COC(=O)c1nc(CN2CCCCC2)n(-c2ccc(Cl)cc2C(=O)c2ccccc2Cl)n1. The van der Waals surface area contributed by atoms with E-state index in [0.717, 1.165) is 25.9 Å². The highest BCUT2D eigenvalue weighted by atomic mass is 35.5. The van der Waals surface area contributed by atoms with E-state index in [1.807, 2.05) is 0 Å². The van der Waals surface area contributed by atoms with Crippen LogP contribution in [0, 0.1) is 0 Å². The van der Waals surface area contributed by atoms with E-state index in [1.165, 1.54) is 18.2 Å². The van der Waals surface area contributed by atoms with Crippen LogP contribution in [-0.4, -0.2) is 51.6 Å². The molecule has 166 valence electrons. The minimum Gasteiger partial charge on any atom is -0.463 e. The van der Waals surface area contributed by atoms with E-state index in [0.29, 0.717) is 39.2 Å². The molecule has 1 aromatic heterocycles. The Kier molecular flexibility index (Phi) is 6.89. The van der Waals surface area contributed by atoms with Crippen LogP contribution in [0.25, 0.3) is 5.69 Å². The third kappa shape index (κ3) is 4.70. The van der Waals surface area contributed by atoms with Crippen LogP contribution in [0.4, 0.5) is 0 Å². The van der Waals surface area contributed by atoms with Gasteiger partial charge in [0.2, 0.25) is 0 Å². The molecule has 0 bridgehead atoms. The van der Waals surface area contributed by atoms with Gasteiger partial charge in [0.05, 0.1) is 24.4 Å². The number of hydrogen-bond acceptors (Lipinski definition) is 6. The van der Waals surface area contributed by atoms with E-state index >= 15 is 0 Å². The van der Waals surface area contributed by atoms with E-state index in [9.17, 15) is 9.59 Å². The molecule has 0 N–H and O–H groups in total. The van der Waals surface area contributed by atoms with Crippen molar-refractivity contribution in [1.29, 1.82) is 0 Å². The maximum Gasteiger partial charge on any atom is 0.377 e. The summed E-state index contributed by atoms with van der Waals surface area (Å²) < 4.78 is 6.34. The first kappa shape index (κ1) is 22.5. The molecule has 7 nitrogen and oxygen atoms in total. The van der Waals surface area contributed by atoms with Gasteiger partial charge >= 0.3 is 5.97 Å². The summed E-state index contributed by atoms with van der Waals surface area (Å²) >= 11 is 12.5. The average molecular weight is 473 g/mol. The number of benzene rings is 2. The van der Waals surface area contributed by atoms with Crippen LogP contribution < -0.4 is 0 Å². The zero-order valence-electron chi connectivity index (χ0n) is 17.6. The average Bonchev–Trinajstić information content (AvgIpc) is 3.22. The van der Waals surface area contributed by atoms with Crippen molar-refractivity contribution in [1.82, 2.24) is 19.7 Å². The zero-order chi connectivity index (χ0) is 22.7. The second kappa shape index (κ2) is 9.81. The van der Waals surface area contributed by atoms with Gasteiger partial charge in [-0.3, -0.25) is 9.69 Å². The predicted octanol–water partition coefficient (Wildman–Crippen LogP) is 4.58. The number of likely N-dealkylation sites (tertiary alicyclic amines) is 1. The van der Waals surface area contributed by atoms with Crippen molar-refractivity contribution >= 4 is 35.0 Å². The minimum absolute atomic E-state index is 0.0643. The number of rotatable bonds is 6. The summed E-state index contributed by atoms with van der Waals surface area (Å²) in [6, 6.07) is 11.8. The molecule has 0 unspecified atom stereocenters. The van der Waals surface area contributed by atoms with Crippen LogP contribution in [0.1, 0.15) is 51.6 Å². The maximum atomic E-state index is 13.4. The number of esters is 1. The highest BCUT2D eigenvalue weighted by molar-refractivity contribution is 6.35. The summed E-state index contributed by atoms with van der Waals surface area (Å²) in [4.78, 5) is 32.3. The monoisotopic (exact) mass is 472 g/mol. The van der Waals surface area contributed by atoms with Crippen LogP contribution in [0.5, 0.6) is 0 Å². The first-order valence-electron chi connectivity index (χ1n) is 10.3. The van der Waals surface area contributed by atoms with E-state index < -0.39 is 5.97 Å². The minimum atomic E-state index is -0.642. The summed E-state index contributed by atoms with van der Waals surface area (Å²) in [5.41, 5.74) is 1.13. The van der Waals surface area contributed by atoms with Gasteiger partial charge in [-0.2, -0.15) is 0 Å². The molecule has 0 radical (unpaired) electrons. The molecular weight excluding hydrogens is 451 g/mol. The van der Waals surface area contributed by atoms with Crippen LogP contribution in [0.15, 0.2) is 42.5 Å². The molecule has 32 heavy (non-hydrogen) atoms. The number of carbonyl (C=O) groups is 2. The summed E-state index contributed by atoms with van der Waals surface area (Å²) in [5.74, 6) is -0.461. The van der Waals surface area contributed by atoms with Crippen LogP contribution in [0.3, 0.4) is 0 Å². The molecule has 4 rings (SSSR count). The third-order valence-corrected chi connectivity index (χ3v) is 5.97. The molecule has 2 heterocycles. The zero-order valence-corrected chi connectivity index (χ0v) is 19.1. The van der Waals surface area contributed by atoms with Crippen molar-refractivity contribution < 1.29 is 14.3 Å². The lowest BCUT2D eigenvalue weighted by atomic mass is 10.0. The Balaban J connectivity index is 1.82. The first-order chi connectivity index (χ1) is 15.5. The Morgan fingerprint density at radius 2 is 1.78 bits per heavy atom. The summed E-state index contributed by atoms with van der Waals surface area (Å²) in [5, 5.41) is 5.12. The van der Waals surface area contributed by atoms with Crippen molar-refractivity contribution in [2.24, 2.45) is 0 Å². The van der Waals surface area contributed by atoms with E-state index in [1.54, 1.807) is 42.5 Å². The molecule has 0 saturated carbocycles. The van der Waals surface area contributed by atoms with Gasteiger partial charge < -0.3 is 4.74 Å². The van der Waals surface area contributed by atoms with Gasteiger partial charge in [-0.25, -0.2) is 14.5 Å². The largest absolute Gasteiger partial charge is 0.463 e. The molecule has 1 fully saturated rings. The molecule has 0 spiro atoms. The molecule has 0 atom stereocenters. The third-order valence-electron chi connectivity index (χ3n) is 5.41. The van der Waals surface area contributed by atoms with Crippen molar-refractivity contribution in [2.75, 3.05) is 20.2 Å². The quantitative estimate of drug-likeness (QED) is 0.386. The van der Waals surface area contributed by atoms with Crippen molar-refractivity contribution in [2.45, 2.75) is 25.8 Å². The first-order valence-corrected chi connectivity index (χ1v) is 11.1. The number of ketones is 1. The molecule has 0 amide bonds. The molecule has 0 aliphatic carbocycles. The van der Waals surface area contributed by atoms with E-state index in [-0.39, 0.29) is 11.6 Å². The molecule has 1 aliphatic heterocycles. The number of hydrogen-bond donors (Lipinski definition) is 0. The Bertz CT molecular complexity index is 1160. The van der Waals surface area contributed by atoms with Gasteiger partial charge in [-0.1, -0.05) is 41.8 Å². The van der Waals surface area contributed by atoms with Crippen LogP contribution >= 0.6 is 23.2 Å². The van der Waals surface area contributed by atoms with E-state index in [4.69, 9.17) is 27.9 Å². The van der Waals surface area contributed by atoms with Crippen LogP contribution in [-0.2, 0) is 11.3 Å². The summed E-state index contributed by atoms with van der Waals surface area (Å²) in [6.07, 6.45) is 3.41. The lowest BCUT2D eigenvalue weighted by Gasteiger charge is -2.26. The van der Waals surface area contributed by atoms with Crippen molar-refractivity contribution in [3.8, 4) is 5.69 Å². The summed E-state index contributed by atoms with van der Waals surface area (Å²) in [7, 11) is 1.28. The van der Waals surface area contributed by atoms with Crippen LogP contribution in [0.2, 0.25) is 10.0 Å².